The van der Waals surface area contributed by atoms with Crippen molar-refractivity contribution >= 4 is 6.09 Å². The predicted octanol–water partition coefficient (Wildman–Crippen LogP) is 2.41. The van der Waals surface area contributed by atoms with Gasteiger partial charge in [-0.05, 0) is 46.5 Å². The van der Waals surface area contributed by atoms with Crippen LogP contribution >= 0.6 is 0 Å². The minimum atomic E-state index is -0.373. The molecule has 3 atom stereocenters. The Bertz CT molecular complexity index is 346. The van der Waals surface area contributed by atoms with Crippen molar-refractivity contribution < 1.29 is 9.53 Å². The molecule has 0 N–H and O–H groups in total. The quantitative estimate of drug-likeness (QED) is 0.613. The summed E-state index contributed by atoms with van der Waals surface area (Å²) in [6.45, 7) is 8.90. The first-order chi connectivity index (χ1) is 6.79. The maximum absolute atomic E-state index is 12.0. The van der Waals surface area contributed by atoms with Crippen molar-refractivity contribution in [2.75, 3.05) is 6.54 Å². The number of carbonyl (C=O) groups excluding carboxylic acids is 1. The Morgan fingerprint density at radius 2 is 2.13 bits per heavy atom. The van der Waals surface area contributed by atoms with Crippen LogP contribution in [-0.2, 0) is 4.74 Å². The van der Waals surface area contributed by atoms with Crippen molar-refractivity contribution in [1.82, 2.24) is 4.90 Å². The van der Waals surface area contributed by atoms with Crippen LogP contribution < -0.4 is 0 Å². The van der Waals surface area contributed by atoms with Gasteiger partial charge in [0, 0.05) is 12.0 Å². The molecule has 0 radical (unpaired) electrons. The largest absolute Gasteiger partial charge is 0.444 e. The van der Waals surface area contributed by atoms with Crippen LogP contribution in [0.25, 0.3) is 0 Å². The van der Waals surface area contributed by atoms with Crippen molar-refractivity contribution in [1.29, 1.82) is 0 Å². The maximum atomic E-state index is 12.0. The standard InChI is InChI=1S/C12H19NO2/c1-10(2,3)15-9(14)13-6-8-5-12(8)7-11(12,13)4/h8H,5-7H2,1-4H3/t8?,11-,12?/m0/s1. The van der Waals surface area contributed by atoms with E-state index in [-0.39, 0.29) is 17.2 Å². The van der Waals surface area contributed by atoms with Gasteiger partial charge in [-0.15, -0.1) is 0 Å². The van der Waals surface area contributed by atoms with Gasteiger partial charge in [-0.1, -0.05) is 0 Å². The molecule has 3 aliphatic rings. The zero-order valence-corrected chi connectivity index (χ0v) is 9.96. The average molecular weight is 209 g/mol. The Balaban J connectivity index is 1.72. The van der Waals surface area contributed by atoms with Gasteiger partial charge < -0.3 is 9.64 Å². The van der Waals surface area contributed by atoms with E-state index in [1.54, 1.807) is 0 Å². The topological polar surface area (TPSA) is 29.5 Å². The molecule has 0 aromatic heterocycles. The first-order valence-electron chi connectivity index (χ1n) is 5.79. The highest BCUT2D eigenvalue weighted by Crippen LogP contribution is 2.82. The van der Waals surface area contributed by atoms with E-state index in [2.05, 4.69) is 6.92 Å². The third-order valence-corrected chi connectivity index (χ3v) is 4.45. The van der Waals surface area contributed by atoms with E-state index in [4.69, 9.17) is 4.74 Å². The first-order valence-corrected chi connectivity index (χ1v) is 5.79. The molecular formula is C12H19NO2. The Labute approximate surface area is 90.8 Å². The fourth-order valence-corrected chi connectivity index (χ4v) is 3.45. The number of hydrogen-bond donors (Lipinski definition) is 0. The molecule has 0 aromatic carbocycles. The number of hydrogen-bond acceptors (Lipinski definition) is 2. The third kappa shape index (κ3) is 1.04. The maximum Gasteiger partial charge on any atom is 0.410 e. The summed E-state index contributed by atoms with van der Waals surface area (Å²) in [7, 11) is 0. The molecule has 1 heterocycles. The summed E-state index contributed by atoms with van der Waals surface area (Å²) in [5.74, 6) is 0.773. The Hall–Kier alpha value is -0.730. The minimum Gasteiger partial charge on any atom is -0.444 e. The highest BCUT2D eigenvalue weighted by atomic mass is 16.6. The first kappa shape index (κ1) is 9.49. The molecule has 15 heavy (non-hydrogen) atoms. The van der Waals surface area contributed by atoms with Crippen LogP contribution in [0.5, 0.6) is 0 Å². The van der Waals surface area contributed by atoms with E-state index in [0.29, 0.717) is 5.41 Å². The fraction of sp³-hybridized carbons (Fsp3) is 0.917. The second kappa shape index (κ2) is 2.18. The number of ether oxygens (including phenoxy) is 1. The normalized spacial score (nSPS) is 45.9. The molecule has 3 rings (SSSR count). The Kier molecular flexibility index (Phi) is 1.38. The van der Waals surface area contributed by atoms with Gasteiger partial charge in [0.2, 0.25) is 0 Å². The molecule has 0 bridgehead atoms. The smallest absolute Gasteiger partial charge is 0.410 e. The van der Waals surface area contributed by atoms with Crippen LogP contribution in [0.4, 0.5) is 4.79 Å². The zero-order valence-electron chi connectivity index (χ0n) is 9.96. The van der Waals surface area contributed by atoms with Gasteiger partial charge in [0.15, 0.2) is 0 Å². The van der Waals surface area contributed by atoms with E-state index < -0.39 is 0 Å². The SMILES string of the molecule is CC(C)(C)OC(=O)N1CC2CC23C[C@]13C. The second-order valence-corrected chi connectivity index (χ2v) is 6.60. The lowest BCUT2D eigenvalue weighted by atomic mass is 10.2. The third-order valence-electron chi connectivity index (χ3n) is 4.45. The lowest BCUT2D eigenvalue weighted by Gasteiger charge is -2.30. The van der Waals surface area contributed by atoms with E-state index in [1.165, 1.54) is 12.8 Å². The Morgan fingerprint density at radius 3 is 2.53 bits per heavy atom. The van der Waals surface area contributed by atoms with E-state index in [9.17, 15) is 4.79 Å². The van der Waals surface area contributed by atoms with Crippen LogP contribution in [0, 0.1) is 11.3 Å². The van der Waals surface area contributed by atoms with Crippen molar-refractivity contribution in [2.24, 2.45) is 11.3 Å². The van der Waals surface area contributed by atoms with E-state index in [0.717, 1.165) is 12.5 Å². The van der Waals surface area contributed by atoms with Crippen molar-refractivity contribution in [2.45, 2.75) is 51.7 Å². The number of likely N-dealkylation sites (tertiary alicyclic amines) is 1. The summed E-state index contributed by atoms with van der Waals surface area (Å²) in [5, 5.41) is 0. The molecule has 1 aliphatic heterocycles. The highest BCUT2D eigenvalue weighted by Gasteiger charge is 2.85. The summed E-state index contributed by atoms with van der Waals surface area (Å²) in [6, 6.07) is 0. The van der Waals surface area contributed by atoms with Crippen LogP contribution in [-0.4, -0.2) is 28.7 Å². The number of rotatable bonds is 0. The molecule has 3 nitrogen and oxygen atoms in total. The monoisotopic (exact) mass is 209 g/mol. The highest BCUT2D eigenvalue weighted by molar-refractivity contribution is 5.72. The molecular weight excluding hydrogens is 190 g/mol. The van der Waals surface area contributed by atoms with Crippen molar-refractivity contribution in [3.8, 4) is 0 Å². The molecule has 2 aliphatic carbocycles. The molecule has 0 aromatic rings. The summed E-state index contributed by atoms with van der Waals surface area (Å²) < 4.78 is 5.44. The van der Waals surface area contributed by atoms with Gasteiger partial charge in [0.25, 0.3) is 0 Å². The van der Waals surface area contributed by atoms with Gasteiger partial charge in [0.05, 0.1) is 5.54 Å². The fourth-order valence-electron chi connectivity index (χ4n) is 3.45. The summed E-state index contributed by atoms with van der Waals surface area (Å²) in [4.78, 5) is 13.9. The summed E-state index contributed by atoms with van der Waals surface area (Å²) >= 11 is 0. The van der Waals surface area contributed by atoms with Gasteiger partial charge in [-0.3, -0.25) is 0 Å². The van der Waals surface area contributed by atoms with Gasteiger partial charge in [-0.25, -0.2) is 4.79 Å². The van der Waals surface area contributed by atoms with E-state index >= 15 is 0 Å². The van der Waals surface area contributed by atoms with Gasteiger partial charge in [0.1, 0.15) is 5.60 Å². The van der Waals surface area contributed by atoms with Crippen molar-refractivity contribution in [3.63, 3.8) is 0 Å². The Morgan fingerprint density at radius 1 is 1.47 bits per heavy atom. The molecule has 1 saturated heterocycles. The summed E-state index contributed by atoms with van der Waals surface area (Å²) in [5.41, 5.74) is 0.284. The number of nitrogens with zero attached hydrogens (tertiary/aromatic N) is 1. The lowest BCUT2D eigenvalue weighted by Crippen LogP contribution is -2.43. The summed E-state index contributed by atoms with van der Waals surface area (Å²) in [6.07, 6.45) is 2.42. The van der Waals surface area contributed by atoms with Crippen LogP contribution in [0.1, 0.15) is 40.5 Å². The van der Waals surface area contributed by atoms with Crippen LogP contribution in [0.3, 0.4) is 0 Å². The number of piperidine rings is 2. The van der Waals surface area contributed by atoms with Crippen LogP contribution in [0.2, 0.25) is 0 Å². The predicted molar refractivity (Wildman–Crippen MR) is 56.5 cm³/mol. The number of carbonyl (C=O) groups is 1. The number of amides is 1. The van der Waals surface area contributed by atoms with Crippen molar-refractivity contribution in [3.05, 3.63) is 0 Å². The van der Waals surface area contributed by atoms with Gasteiger partial charge >= 0.3 is 6.09 Å². The zero-order chi connectivity index (χ0) is 11.1. The lowest BCUT2D eigenvalue weighted by molar-refractivity contribution is 0.0166. The molecule has 2 saturated carbocycles. The molecule has 84 valence electrons. The van der Waals surface area contributed by atoms with Gasteiger partial charge in [-0.2, -0.15) is 0 Å². The average Bonchev–Trinajstić information content (AvgIpc) is 2.84. The van der Waals surface area contributed by atoms with E-state index in [1.807, 2.05) is 25.7 Å². The molecule has 3 heteroatoms. The molecule has 1 amide bonds. The molecule has 2 unspecified atom stereocenters. The molecule has 1 spiro atoms. The van der Waals surface area contributed by atoms with Crippen LogP contribution in [0.15, 0.2) is 0 Å². The second-order valence-electron chi connectivity index (χ2n) is 6.60. The minimum absolute atomic E-state index is 0.117. The molecule has 3 fully saturated rings.